The van der Waals surface area contributed by atoms with Crippen LogP contribution in [0.15, 0.2) is 30.3 Å². The summed E-state index contributed by atoms with van der Waals surface area (Å²) >= 11 is 0. The van der Waals surface area contributed by atoms with Crippen molar-refractivity contribution < 1.29 is 71.5 Å². The molecule has 0 saturated carbocycles. The fourth-order valence-electron chi connectivity index (χ4n) is 3.42. The number of aliphatic carboxylic acids is 1. The first kappa shape index (κ1) is 44.0. The average Bonchev–Trinajstić information content (AvgIpc) is 3.09. The minimum Gasteiger partial charge on any atom is -0.491 e. The van der Waals surface area contributed by atoms with Gasteiger partial charge in [0.2, 0.25) is 0 Å². The van der Waals surface area contributed by atoms with Crippen molar-refractivity contribution in [2.24, 2.45) is 0 Å². The van der Waals surface area contributed by atoms with E-state index in [1.807, 2.05) is 30.3 Å². The highest BCUT2D eigenvalue weighted by Gasteiger charge is 1.98. The van der Waals surface area contributed by atoms with Crippen LogP contribution in [-0.2, 0) is 61.6 Å². The van der Waals surface area contributed by atoms with Crippen LogP contribution in [0.1, 0.15) is 6.42 Å². The van der Waals surface area contributed by atoms with Crippen LogP contribution in [0.3, 0.4) is 0 Å². The van der Waals surface area contributed by atoms with Gasteiger partial charge in [0.25, 0.3) is 0 Å². The van der Waals surface area contributed by atoms with E-state index < -0.39 is 5.97 Å². The molecule has 48 heavy (non-hydrogen) atoms. The Morgan fingerprint density at radius 2 is 0.583 bits per heavy atom. The van der Waals surface area contributed by atoms with Crippen LogP contribution in [0.4, 0.5) is 0 Å². The van der Waals surface area contributed by atoms with Gasteiger partial charge in [-0.25, -0.2) is 0 Å². The van der Waals surface area contributed by atoms with Gasteiger partial charge in [0.05, 0.1) is 165 Å². The summed E-state index contributed by atoms with van der Waals surface area (Å²) in [7, 11) is 0. The Bertz CT molecular complexity index is 775. The SMILES string of the molecule is O=C(O)CCOCCOCCOCCOCCOCCOCCOCCOCCOCCOCCOCCOCCOc1ccccc1. The second-order valence-corrected chi connectivity index (χ2v) is 9.65. The standard InChI is InChI=1S/C33H58O15/c34-33(35)6-7-36-8-9-37-10-11-38-12-13-39-14-15-40-16-17-41-18-19-42-20-21-43-22-23-44-24-25-45-26-27-46-28-29-47-30-31-48-32-4-2-1-3-5-32/h1-5H,6-31H2,(H,34,35). The predicted octanol–water partition coefficient (Wildman–Crippen LogP) is 1.74. The van der Waals surface area contributed by atoms with Crippen LogP contribution >= 0.6 is 0 Å². The molecule has 280 valence electrons. The van der Waals surface area contributed by atoms with Gasteiger partial charge in [-0.05, 0) is 12.1 Å². The van der Waals surface area contributed by atoms with Crippen LogP contribution in [-0.4, -0.2) is 176 Å². The van der Waals surface area contributed by atoms with E-state index in [4.69, 9.17) is 66.7 Å². The molecule has 0 aliphatic heterocycles. The van der Waals surface area contributed by atoms with Crippen LogP contribution in [0.25, 0.3) is 0 Å². The van der Waals surface area contributed by atoms with E-state index in [-0.39, 0.29) is 13.0 Å². The van der Waals surface area contributed by atoms with Gasteiger partial charge in [0.15, 0.2) is 0 Å². The number of ether oxygens (including phenoxy) is 13. The van der Waals surface area contributed by atoms with E-state index in [9.17, 15) is 4.79 Å². The zero-order valence-corrected chi connectivity index (χ0v) is 28.4. The van der Waals surface area contributed by atoms with Crippen LogP contribution < -0.4 is 4.74 Å². The van der Waals surface area contributed by atoms with Crippen molar-refractivity contribution in [2.45, 2.75) is 6.42 Å². The molecular formula is C33H58O15. The number of benzene rings is 1. The normalized spacial score (nSPS) is 11.3. The van der Waals surface area contributed by atoms with Crippen LogP contribution in [0.2, 0.25) is 0 Å². The summed E-state index contributed by atoms with van der Waals surface area (Å²) in [5.41, 5.74) is 0. The first-order valence-electron chi connectivity index (χ1n) is 16.6. The topological polar surface area (TPSA) is 157 Å². The first-order valence-corrected chi connectivity index (χ1v) is 16.6. The zero-order valence-electron chi connectivity index (χ0n) is 28.4. The Kier molecular flexibility index (Phi) is 34.7. The second kappa shape index (κ2) is 37.8. The van der Waals surface area contributed by atoms with E-state index in [0.717, 1.165) is 5.75 Å². The molecule has 0 amide bonds. The minimum absolute atomic E-state index is 0.00340. The molecule has 15 heteroatoms. The molecular weight excluding hydrogens is 636 g/mol. The highest BCUT2D eigenvalue weighted by Crippen LogP contribution is 2.07. The summed E-state index contributed by atoms with van der Waals surface area (Å²) in [5.74, 6) is -0.0360. The molecule has 1 N–H and O–H groups in total. The van der Waals surface area contributed by atoms with Crippen molar-refractivity contribution in [2.75, 3.05) is 165 Å². The van der Waals surface area contributed by atoms with Gasteiger partial charge in [-0.15, -0.1) is 0 Å². The summed E-state index contributed by atoms with van der Waals surface area (Å²) in [4.78, 5) is 10.3. The summed E-state index contributed by atoms with van der Waals surface area (Å²) in [6.45, 7) is 11.8. The molecule has 0 fully saturated rings. The van der Waals surface area contributed by atoms with E-state index in [1.54, 1.807) is 0 Å². The van der Waals surface area contributed by atoms with E-state index in [2.05, 4.69) is 0 Å². The highest BCUT2D eigenvalue weighted by atomic mass is 16.6. The van der Waals surface area contributed by atoms with Gasteiger partial charge in [-0.2, -0.15) is 0 Å². The van der Waals surface area contributed by atoms with Gasteiger partial charge in [-0.1, -0.05) is 18.2 Å². The third-order valence-electron chi connectivity index (χ3n) is 5.79. The van der Waals surface area contributed by atoms with Gasteiger partial charge in [0.1, 0.15) is 12.4 Å². The maximum absolute atomic E-state index is 10.3. The van der Waals surface area contributed by atoms with Crippen molar-refractivity contribution in [1.29, 1.82) is 0 Å². The Labute approximate surface area is 285 Å². The summed E-state index contributed by atoms with van der Waals surface area (Å²) in [6, 6.07) is 9.65. The maximum atomic E-state index is 10.3. The lowest BCUT2D eigenvalue weighted by atomic mass is 10.3. The van der Waals surface area contributed by atoms with Crippen LogP contribution in [0.5, 0.6) is 5.75 Å². The largest absolute Gasteiger partial charge is 0.491 e. The molecule has 0 atom stereocenters. The second-order valence-electron chi connectivity index (χ2n) is 9.65. The molecule has 0 aliphatic rings. The summed E-state index contributed by atoms with van der Waals surface area (Å²) in [5, 5.41) is 8.49. The predicted molar refractivity (Wildman–Crippen MR) is 174 cm³/mol. The van der Waals surface area contributed by atoms with Gasteiger partial charge in [-0.3, -0.25) is 4.79 Å². The molecule has 0 unspecified atom stereocenters. The summed E-state index contributed by atoms with van der Waals surface area (Å²) < 4.78 is 70.6. The molecule has 0 aromatic heterocycles. The number of para-hydroxylation sites is 1. The number of carboxylic acids is 1. The van der Waals surface area contributed by atoms with Gasteiger partial charge in [0, 0.05) is 0 Å². The monoisotopic (exact) mass is 694 g/mol. The Morgan fingerprint density at radius 1 is 0.354 bits per heavy atom. The summed E-state index contributed by atoms with van der Waals surface area (Å²) in [6.07, 6.45) is -0.00340. The smallest absolute Gasteiger partial charge is 0.305 e. The zero-order chi connectivity index (χ0) is 34.3. The Balaban J connectivity index is 1.61. The number of hydrogen-bond acceptors (Lipinski definition) is 14. The van der Waals surface area contributed by atoms with Crippen molar-refractivity contribution in [1.82, 2.24) is 0 Å². The van der Waals surface area contributed by atoms with Crippen LogP contribution in [0, 0.1) is 0 Å². The first-order chi connectivity index (χ1) is 23.8. The Morgan fingerprint density at radius 3 is 0.833 bits per heavy atom. The van der Waals surface area contributed by atoms with E-state index in [0.29, 0.717) is 159 Å². The third-order valence-corrected chi connectivity index (χ3v) is 5.79. The van der Waals surface area contributed by atoms with Crippen molar-refractivity contribution in [3.63, 3.8) is 0 Å². The molecule has 0 heterocycles. The number of rotatable bonds is 40. The molecule has 0 spiro atoms. The highest BCUT2D eigenvalue weighted by molar-refractivity contribution is 5.66. The van der Waals surface area contributed by atoms with E-state index in [1.165, 1.54) is 0 Å². The molecule has 1 rings (SSSR count). The maximum Gasteiger partial charge on any atom is 0.305 e. The lowest BCUT2D eigenvalue weighted by Crippen LogP contribution is -2.15. The van der Waals surface area contributed by atoms with Gasteiger partial charge < -0.3 is 66.7 Å². The molecule has 0 bridgehead atoms. The third kappa shape index (κ3) is 35.3. The Hall–Kier alpha value is -1.99. The lowest BCUT2D eigenvalue weighted by molar-refractivity contribution is -0.138. The molecule has 0 radical (unpaired) electrons. The molecule has 1 aromatic carbocycles. The van der Waals surface area contributed by atoms with Crippen molar-refractivity contribution in [3.05, 3.63) is 30.3 Å². The average molecular weight is 695 g/mol. The quantitative estimate of drug-likeness (QED) is 0.0991. The van der Waals surface area contributed by atoms with Crippen molar-refractivity contribution >= 4 is 5.97 Å². The lowest BCUT2D eigenvalue weighted by Gasteiger charge is -2.09. The molecule has 0 saturated heterocycles. The fraction of sp³-hybridized carbons (Fsp3) is 0.788. The number of carbonyl (C=O) groups is 1. The number of hydrogen-bond donors (Lipinski definition) is 1. The van der Waals surface area contributed by atoms with Gasteiger partial charge >= 0.3 is 5.97 Å². The van der Waals surface area contributed by atoms with Crippen molar-refractivity contribution in [3.8, 4) is 5.75 Å². The molecule has 0 aliphatic carbocycles. The van der Waals surface area contributed by atoms with E-state index >= 15 is 0 Å². The minimum atomic E-state index is -0.875. The molecule has 1 aromatic rings. The fourth-order valence-corrected chi connectivity index (χ4v) is 3.42. The molecule has 15 nitrogen and oxygen atoms in total. The number of carboxylic acid groups (broad SMARTS) is 1.